The predicted molar refractivity (Wildman–Crippen MR) is 59.6 cm³/mol. The number of hydrogen-bond donors (Lipinski definition) is 1. The Morgan fingerprint density at radius 3 is 2.38 bits per heavy atom. The summed E-state index contributed by atoms with van der Waals surface area (Å²) in [6.07, 6.45) is 0. The fraction of sp³-hybridized carbons (Fsp3) is 0.231. The molecule has 0 aromatic heterocycles. The first-order valence-corrected chi connectivity index (χ1v) is 5.11. The summed E-state index contributed by atoms with van der Waals surface area (Å²) < 4.78 is 26.6. The molecule has 0 bridgehead atoms. The fourth-order valence-electron chi connectivity index (χ4n) is 1.86. The average Bonchev–Trinajstić information content (AvgIpc) is 2.23. The lowest BCUT2D eigenvalue weighted by atomic mass is 9.95. The Kier molecular flexibility index (Phi) is 2.54. The van der Waals surface area contributed by atoms with Crippen molar-refractivity contribution in [2.75, 3.05) is 0 Å². The number of phenolic OH excluding ortho intramolecular Hbond substituents is 1. The smallest absolute Gasteiger partial charge is 0.166 e. The van der Waals surface area contributed by atoms with E-state index in [9.17, 15) is 13.9 Å². The van der Waals surface area contributed by atoms with Gasteiger partial charge in [0.1, 0.15) is 5.75 Å². The summed E-state index contributed by atoms with van der Waals surface area (Å²) in [5, 5.41) is 10.3. The summed E-state index contributed by atoms with van der Waals surface area (Å²) in [6, 6.07) is 5.49. The second kappa shape index (κ2) is 3.74. The Bertz CT molecular complexity index is 547. The third-order valence-corrected chi connectivity index (χ3v) is 2.66. The minimum Gasteiger partial charge on any atom is -0.508 e. The largest absolute Gasteiger partial charge is 0.508 e. The maximum atomic E-state index is 13.5. The topological polar surface area (TPSA) is 20.2 Å². The van der Waals surface area contributed by atoms with Crippen LogP contribution in [0.5, 0.6) is 5.75 Å². The van der Waals surface area contributed by atoms with Crippen molar-refractivity contribution in [1.82, 2.24) is 0 Å². The maximum Gasteiger partial charge on any atom is 0.166 e. The molecule has 0 amide bonds. The van der Waals surface area contributed by atoms with Crippen LogP contribution in [0, 0.1) is 11.6 Å². The lowest BCUT2D eigenvalue weighted by Gasteiger charge is -2.11. The quantitative estimate of drug-likeness (QED) is 0.774. The van der Waals surface area contributed by atoms with Crippen LogP contribution in [0.15, 0.2) is 24.3 Å². The highest BCUT2D eigenvalue weighted by Crippen LogP contribution is 2.32. The van der Waals surface area contributed by atoms with E-state index in [4.69, 9.17) is 0 Å². The predicted octanol–water partition coefficient (Wildman–Crippen LogP) is 3.95. The zero-order valence-electron chi connectivity index (χ0n) is 9.09. The van der Waals surface area contributed by atoms with Crippen LogP contribution in [-0.4, -0.2) is 5.11 Å². The van der Waals surface area contributed by atoms with Gasteiger partial charge in [0.05, 0.1) is 0 Å². The van der Waals surface area contributed by atoms with Gasteiger partial charge < -0.3 is 5.11 Å². The first-order valence-electron chi connectivity index (χ1n) is 5.11. The van der Waals surface area contributed by atoms with Gasteiger partial charge in [-0.25, -0.2) is 8.78 Å². The SMILES string of the molecule is CC(C)c1cc(O)cc2c(F)c(F)ccc12. The molecule has 0 aliphatic rings. The van der Waals surface area contributed by atoms with Crippen molar-refractivity contribution < 1.29 is 13.9 Å². The normalized spacial score (nSPS) is 11.3. The fourth-order valence-corrected chi connectivity index (χ4v) is 1.86. The average molecular weight is 222 g/mol. The molecule has 16 heavy (non-hydrogen) atoms. The molecule has 0 spiro atoms. The standard InChI is InChI=1S/C13H12F2O/c1-7(2)10-5-8(16)6-11-9(10)3-4-12(14)13(11)15/h3-7,16H,1-2H3. The third kappa shape index (κ3) is 1.62. The number of halogens is 2. The van der Waals surface area contributed by atoms with E-state index >= 15 is 0 Å². The molecule has 0 aliphatic carbocycles. The highest BCUT2D eigenvalue weighted by atomic mass is 19.2. The van der Waals surface area contributed by atoms with E-state index in [1.807, 2.05) is 13.8 Å². The molecule has 0 saturated heterocycles. The Morgan fingerprint density at radius 2 is 1.75 bits per heavy atom. The molecule has 0 aliphatic heterocycles. The van der Waals surface area contributed by atoms with Gasteiger partial charge in [0.25, 0.3) is 0 Å². The molecule has 2 aromatic rings. The summed E-state index contributed by atoms with van der Waals surface area (Å²) >= 11 is 0. The zero-order chi connectivity index (χ0) is 11.9. The highest BCUT2D eigenvalue weighted by Gasteiger charge is 2.13. The van der Waals surface area contributed by atoms with Crippen LogP contribution in [0.3, 0.4) is 0 Å². The number of phenols is 1. The van der Waals surface area contributed by atoms with E-state index in [0.29, 0.717) is 5.39 Å². The first-order chi connectivity index (χ1) is 7.50. The van der Waals surface area contributed by atoms with Crippen molar-refractivity contribution in [3.8, 4) is 5.75 Å². The molecule has 0 fully saturated rings. The minimum atomic E-state index is -0.907. The summed E-state index contributed by atoms with van der Waals surface area (Å²) in [5.41, 5.74) is 0.814. The van der Waals surface area contributed by atoms with Gasteiger partial charge in [-0.3, -0.25) is 0 Å². The van der Waals surface area contributed by atoms with E-state index in [1.54, 1.807) is 12.1 Å². The van der Waals surface area contributed by atoms with E-state index in [1.165, 1.54) is 6.07 Å². The van der Waals surface area contributed by atoms with Crippen molar-refractivity contribution in [2.45, 2.75) is 19.8 Å². The molecule has 0 saturated carbocycles. The summed E-state index contributed by atoms with van der Waals surface area (Å²) in [5.74, 6) is -1.71. The molecule has 1 nitrogen and oxygen atoms in total. The van der Waals surface area contributed by atoms with Gasteiger partial charge in [-0.2, -0.15) is 0 Å². The summed E-state index contributed by atoms with van der Waals surface area (Å²) in [4.78, 5) is 0. The second-order valence-corrected chi connectivity index (χ2v) is 4.15. The van der Waals surface area contributed by atoms with Gasteiger partial charge in [0.2, 0.25) is 0 Å². The molecule has 0 atom stereocenters. The second-order valence-electron chi connectivity index (χ2n) is 4.15. The molecule has 2 aromatic carbocycles. The maximum absolute atomic E-state index is 13.5. The van der Waals surface area contributed by atoms with Crippen molar-refractivity contribution in [3.63, 3.8) is 0 Å². The van der Waals surface area contributed by atoms with Crippen molar-refractivity contribution in [2.24, 2.45) is 0 Å². The lowest BCUT2D eigenvalue weighted by molar-refractivity contribution is 0.474. The van der Waals surface area contributed by atoms with E-state index in [2.05, 4.69) is 0 Å². The molecule has 84 valence electrons. The molecule has 2 rings (SSSR count). The van der Waals surface area contributed by atoms with Crippen LogP contribution in [0.2, 0.25) is 0 Å². The first kappa shape index (κ1) is 10.9. The molecule has 1 N–H and O–H groups in total. The van der Waals surface area contributed by atoms with Crippen LogP contribution in [0.4, 0.5) is 8.78 Å². The lowest BCUT2D eigenvalue weighted by Crippen LogP contribution is -1.93. The van der Waals surface area contributed by atoms with Gasteiger partial charge >= 0.3 is 0 Å². The van der Waals surface area contributed by atoms with Crippen molar-refractivity contribution in [1.29, 1.82) is 0 Å². The van der Waals surface area contributed by atoms with Crippen LogP contribution in [0.1, 0.15) is 25.3 Å². The van der Waals surface area contributed by atoms with Gasteiger partial charge in [-0.15, -0.1) is 0 Å². The number of hydrogen-bond acceptors (Lipinski definition) is 1. The Morgan fingerprint density at radius 1 is 1.06 bits per heavy atom. The number of benzene rings is 2. The summed E-state index contributed by atoms with van der Waals surface area (Å²) in [7, 11) is 0. The van der Waals surface area contributed by atoms with E-state index < -0.39 is 11.6 Å². The molecule has 0 radical (unpaired) electrons. The molecular formula is C13H12F2O. The Labute approximate surface area is 92.3 Å². The van der Waals surface area contributed by atoms with Gasteiger partial charge in [0, 0.05) is 5.39 Å². The minimum absolute atomic E-state index is 0.0410. The molecule has 0 unspecified atom stereocenters. The zero-order valence-corrected chi connectivity index (χ0v) is 9.09. The van der Waals surface area contributed by atoms with Crippen molar-refractivity contribution in [3.05, 3.63) is 41.5 Å². The van der Waals surface area contributed by atoms with E-state index in [0.717, 1.165) is 11.6 Å². The van der Waals surface area contributed by atoms with E-state index in [-0.39, 0.29) is 17.1 Å². The van der Waals surface area contributed by atoms with Crippen LogP contribution in [-0.2, 0) is 0 Å². The van der Waals surface area contributed by atoms with Crippen LogP contribution < -0.4 is 0 Å². The number of fused-ring (bicyclic) bond motifs is 1. The number of rotatable bonds is 1. The van der Waals surface area contributed by atoms with Crippen LogP contribution >= 0.6 is 0 Å². The monoisotopic (exact) mass is 222 g/mol. The van der Waals surface area contributed by atoms with Crippen LogP contribution in [0.25, 0.3) is 10.8 Å². The molecule has 3 heteroatoms. The Hall–Kier alpha value is -1.64. The molecule has 0 heterocycles. The highest BCUT2D eigenvalue weighted by molar-refractivity contribution is 5.88. The third-order valence-electron chi connectivity index (χ3n) is 2.66. The van der Waals surface area contributed by atoms with Crippen molar-refractivity contribution >= 4 is 10.8 Å². The summed E-state index contributed by atoms with van der Waals surface area (Å²) in [6.45, 7) is 3.88. The molecular weight excluding hydrogens is 210 g/mol. The van der Waals surface area contributed by atoms with Gasteiger partial charge in [-0.1, -0.05) is 19.9 Å². The number of aromatic hydroxyl groups is 1. The van der Waals surface area contributed by atoms with Gasteiger partial charge in [-0.05, 0) is 35.1 Å². The Balaban J connectivity index is 2.89. The van der Waals surface area contributed by atoms with Gasteiger partial charge in [0.15, 0.2) is 11.6 Å².